The molecule has 0 radical (unpaired) electrons. The van der Waals surface area contributed by atoms with Gasteiger partial charge in [-0.25, -0.2) is 4.79 Å². The topological polar surface area (TPSA) is 59.3 Å². The number of aromatic nitrogens is 1. The van der Waals surface area contributed by atoms with Gasteiger partial charge in [-0.1, -0.05) is 36.4 Å². The van der Waals surface area contributed by atoms with E-state index >= 15 is 0 Å². The van der Waals surface area contributed by atoms with Gasteiger partial charge in [0, 0.05) is 30.0 Å². The van der Waals surface area contributed by atoms with Gasteiger partial charge in [0.1, 0.15) is 10.6 Å². The van der Waals surface area contributed by atoms with Crippen molar-refractivity contribution in [2.24, 2.45) is 0 Å². The lowest BCUT2D eigenvalue weighted by Gasteiger charge is -2.08. The third-order valence-electron chi connectivity index (χ3n) is 4.09. The number of benzene rings is 1. The Morgan fingerprint density at radius 2 is 1.85 bits per heavy atom. The Bertz CT molecular complexity index is 951. The molecule has 1 N–H and O–H groups in total. The molecule has 0 fully saturated rings. The number of aryl methyl sites for hydroxylation is 1. The summed E-state index contributed by atoms with van der Waals surface area (Å²) < 4.78 is 7.07. The van der Waals surface area contributed by atoms with Crippen LogP contribution in [0, 0.1) is 6.92 Å². The van der Waals surface area contributed by atoms with E-state index in [1.165, 1.54) is 11.3 Å². The number of hydrogen-bond acceptors (Lipinski definition) is 4. The zero-order valence-electron chi connectivity index (χ0n) is 15.3. The number of anilines is 1. The van der Waals surface area contributed by atoms with Crippen molar-refractivity contribution in [3.05, 3.63) is 71.4 Å². The average Bonchev–Trinajstić information content (AvgIpc) is 3.08. The first-order chi connectivity index (χ1) is 13.1. The van der Waals surface area contributed by atoms with Crippen LogP contribution in [0.25, 0.3) is 11.1 Å². The van der Waals surface area contributed by atoms with Crippen LogP contribution in [0.3, 0.4) is 0 Å². The second kappa shape index (κ2) is 8.60. The Morgan fingerprint density at radius 3 is 2.56 bits per heavy atom. The Balaban J connectivity index is 1.88. The highest BCUT2D eigenvalue weighted by atomic mass is 32.1. The van der Waals surface area contributed by atoms with Crippen LogP contribution in [0.15, 0.2) is 60.1 Å². The zero-order valence-corrected chi connectivity index (χ0v) is 16.1. The number of esters is 1. The van der Waals surface area contributed by atoms with Gasteiger partial charge < -0.3 is 10.1 Å². The average molecular weight is 381 g/mol. The highest BCUT2D eigenvalue weighted by molar-refractivity contribution is 7.15. The van der Waals surface area contributed by atoms with E-state index in [9.17, 15) is 9.59 Å². The first-order valence-corrected chi connectivity index (χ1v) is 9.57. The zero-order chi connectivity index (χ0) is 19.2. The second-order valence-corrected chi connectivity index (χ2v) is 6.84. The van der Waals surface area contributed by atoms with E-state index in [1.54, 1.807) is 6.92 Å². The maximum atomic E-state index is 12.5. The molecule has 0 bridgehead atoms. The Morgan fingerprint density at radius 1 is 1.11 bits per heavy atom. The third-order valence-corrected chi connectivity index (χ3v) is 4.99. The number of nitrogens with zero attached hydrogens (tertiary/aromatic N) is 1. The Hall–Kier alpha value is -2.99. The highest BCUT2D eigenvalue weighted by Gasteiger charge is 2.23. The minimum absolute atomic E-state index is 0.174. The predicted molar refractivity (Wildman–Crippen MR) is 106 cm³/mol. The highest BCUT2D eigenvalue weighted by Crippen LogP contribution is 2.36. The van der Waals surface area contributed by atoms with Crippen LogP contribution in [-0.2, 0) is 16.1 Å². The minimum atomic E-state index is -0.434. The molecule has 0 spiro atoms. The van der Waals surface area contributed by atoms with Gasteiger partial charge in [0.15, 0.2) is 11.9 Å². The molecule has 0 saturated heterocycles. The Kier molecular flexibility index (Phi) is 5.98. The summed E-state index contributed by atoms with van der Waals surface area (Å²) in [6, 6.07) is 15.3. The number of carbonyl (C=O) groups is 2. The van der Waals surface area contributed by atoms with Gasteiger partial charge in [-0.3, -0.25) is 4.79 Å². The molecule has 3 aromatic rings. The number of ether oxygens (including phenoxy) is 1. The summed E-state index contributed by atoms with van der Waals surface area (Å²) in [6.07, 6.45) is 1.85. The normalized spacial score (nSPS) is 10.4. The molecule has 27 heavy (non-hydrogen) atoms. The molecule has 0 atom stereocenters. The monoisotopic (exact) mass is 381 g/mol. The molecule has 2 heterocycles. The summed E-state index contributed by atoms with van der Waals surface area (Å²) in [5.74, 6) is -0.627. The molecule has 0 unspecified atom stereocenters. The van der Waals surface area contributed by atoms with Gasteiger partial charge in [-0.2, -0.15) is 4.57 Å². The molecule has 138 valence electrons. The van der Waals surface area contributed by atoms with Crippen molar-refractivity contribution in [2.45, 2.75) is 20.4 Å². The molecule has 0 aliphatic carbocycles. The number of nitrogens with one attached hydrogen (secondary N) is 1. The summed E-state index contributed by atoms with van der Waals surface area (Å²) in [5.41, 5.74) is 3.05. The van der Waals surface area contributed by atoms with Gasteiger partial charge in [0.2, 0.25) is 6.54 Å². The van der Waals surface area contributed by atoms with E-state index in [0.29, 0.717) is 10.6 Å². The fourth-order valence-corrected chi connectivity index (χ4v) is 3.72. The molecule has 6 heteroatoms. The first kappa shape index (κ1) is 18.8. The quantitative estimate of drug-likeness (QED) is 0.521. The summed E-state index contributed by atoms with van der Waals surface area (Å²) in [4.78, 5) is 25.1. The number of hydrogen-bond donors (Lipinski definition) is 1. The van der Waals surface area contributed by atoms with Crippen LogP contribution in [-0.4, -0.2) is 18.5 Å². The molecular weight excluding hydrogens is 360 g/mol. The molecule has 0 saturated carbocycles. The molecule has 1 amide bonds. The number of pyridine rings is 1. The lowest BCUT2D eigenvalue weighted by atomic mass is 10.0. The van der Waals surface area contributed by atoms with Crippen LogP contribution in [0.2, 0.25) is 0 Å². The fourth-order valence-electron chi connectivity index (χ4n) is 2.75. The van der Waals surface area contributed by atoms with Gasteiger partial charge >= 0.3 is 5.97 Å². The van der Waals surface area contributed by atoms with Crippen molar-refractivity contribution >= 4 is 28.2 Å². The van der Waals surface area contributed by atoms with Crippen LogP contribution in [0.1, 0.15) is 23.0 Å². The van der Waals surface area contributed by atoms with Crippen molar-refractivity contribution in [2.75, 3.05) is 11.9 Å². The molecule has 3 rings (SSSR count). The first-order valence-electron chi connectivity index (χ1n) is 8.69. The van der Waals surface area contributed by atoms with E-state index in [-0.39, 0.29) is 19.1 Å². The summed E-state index contributed by atoms with van der Waals surface area (Å²) in [5, 5.41) is 5.25. The standard InChI is InChI=1S/C21H20N2O3S/c1-3-26-21(25)19-17(16-10-5-4-6-11-16)14-27-20(19)22-18(24)13-23-12-8-7-9-15(23)2/h4-12,14H,3,13H2,1-2H3/p+1. The van der Waals surface area contributed by atoms with Gasteiger partial charge in [-0.05, 0) is 12.5 Å². The van der Waals surface area contributed by atoms with Gasteiger partial charge in [-0.15, -0.1) is 11.3 Å². The van der Waals surface area contributed by atoms with E-state index in [4.69, 9.17) is 4.74 Å². The summed E-state index contributed by atoms with van der Waals surface area (Å²) in [6.45, 7) is 4.15. The van der Waals surface area contributed by atoms with E-state index in [2.05, 4.69) is 5.32 Å². The van der Waals surface area contributed by atoms with Gasteiger partial charge in [0.25, 0.3) is 5.91 Å². The minimum Gasteiger partial charge on any atom is -0.462 e. The van der Waals surface area contributed by atoms with Crippen molar-refractivity contribution in [3.8, 4) is 11.1 Å². The number of rotatable bonds is 6. The van der Waals surface area contributed by atoms with Crippen molar-refractivity contribution in [3.63, 3.8) is 0 Å². The molecule has 2 aromatic heterocycles. The van der Waals surface area contributed by atoms with Crippen LogP contribution < -0.4 is 9.88 Å². The second-order valence-electron chi connectivity index (χ2n) is 5.96. The van der Waals surface area contributed by atoms with E-state index < -0.39 is 5.97 Å². The smallest absolute Gasteiger partial charge is 0.341 e. The molecule has 1 aromatic carbocycles. The molecule has 5 nitrogen and oxygen atoms in total. The fraction of sp³-hybridized carbons (Fsp3) is 0.190. The Labute approximate surface area is 162 Å². The van der Waals surface area contributed by atoms with Crippen LogP contribution >= 0.6 is 11.3 Å². The van der Waals surface area contributed by atoms with Crippen molar-refractivity contribution < 1.29 is 18.9 Å². The SMILES string of the molecule is CCOC(=O)c1c(-c2ccccc2)csc1NC(=O)C[n+]1ccccc1C. The lowest BCUT2D eigenvalue weighted by molar-refractivity contribution is -0.690. The van der Waals surface area contributed by atoms with Crippen molar-refractivity contribution in [1.82, 2.24) is 0 Å². The summed E-state index contributed by atoms with van der Waals surface area (Å²) in [7, 11) is 0. The van der Waals surface area contributed by atoms with Crippen LogP contribution in [0.4, 0.5) is 5.00 Å². The maximum absolute atomic E-state index is 12.5. The molecule has 0 aliphatic heterocycles. The lowest BCUT2D eigenvalue weighted by Crippen LogP contribution is -2.42. The van der Waals surface area contributed by atoms with E-state index in [0.717, 1.165) is 16.8 Å². The van der Waals surface area contributed by atoms with Gasteiger partial charge in [0.05, 0.1) is 6.61 Å². The number of thiophene rings is 1. The van der Waals surface area contributed by atoms with Crippen LogP contribution in [0.5, 0.6) is 0 Å². The summed E-state index contributed by atoms with van der Waals surface area (Å²) >= 11 is 1.33. The van der Waals surface area contributed by atoms with E-state index in [1.807, 2.05) is 71.6 Å². The van der Waals surface area contributed by atoms with Crippen molar-refractivity contribution in [1.29, 1.82) is 0 Å². The third kappa shape index (κ3) is 4.41. The predicted octanol–water partition coefficient (Wildman–Crippen LogP) is 3.83. The largest absolute Gasteiger partial charge is 0.462 e. The number of amides is 1. The molecule has 0 aliphatic rings. The maximum Gasteiger partial charge on any atom is 0.341 e. The number of carbonyl (C=O) groups excluding carboxylic acids is 2. The molecular formula is C21H21N2O3S+.